The first-order valence-electron chi connectivity index (χ1n) is 5.96. The topological polar surface area (TPSA) is 47.8 Å². The molecule has 0 bridgehead atoms. The van der Waals surface area contributed by atoms with Crippen molar-refractivity contribution in [2.75, 3.05) is 5.75 Å². The molecule has 0 unspecified atom stereocenters. The van der Waals surface area contributed by atoms with Crippen LogP contribution >= 0.6 is 27.7 Å². The van der Waals surface area contributed by atoms with Gasteiger partial charge < -0.3 is 0 Å². The van der Waals surface area contributed by atoms with E-state index in [0.717, 1.165) is 21.7 Å². The zero-order valence-electron chi connectivity index (χ0n) is 10.5. The van der Waals surface area contributed by atoms with Gasteiger partial charge >= 0.3 is 0 Å². The third kappa shape index (κ3) is 3.91. The number of benzene rings is 1. The average molecular weight is 340 g/mol. The molecule has 0 spiro atoms. The van der Waals surface area contributed by atoms with Crippen molar-refractivity contribution in [2.45, 2.75) is 24.8 Å². The fourth-order valence-electron chi connectivity index (χ4n) is 1.64. The molecule has 0 radical (unpaired) electrons. The summed E-state index contributed by atoms with van der Waals surface area (Å²) in [5.41, 5.74) is 0. The summed E-state index contributed by atoms with van der Waals surface area (Å²) >= 11 is 5.01. The Balaban J connectivity index is 1.90. The number of ketones is 1. The predicted molar refractivity (Wildman–Crippen MR) is 79.3 cm³/mol. The third-order valence-corrected chi connectivity index (χ3v) is 4.66. The molecule has 100 valence electrons. The number of carbonyl (C=O) groups excluding carboxylic acids is 1. The van der Waals surface area contributed by atoms with Crippen LogP contribution in [-0.2, 0) is 17.8 Å². The van der Waals surface area contributed by atoms with E-state index < -0.39 is 0 Å². The third-order valence-electron chi connectivity index (χ3n) is 2.58. The summed E-state index contributed by atoms with van der Waals surface area (Å²) in [5, 5.41) is 4.06. The molecule has 0 N–H and O–H groups in total. The number of aryl methyl sites for hydroxylation is 1. The molecule has 0 atom stereocenters. The number of nitrogens with zero attached hydrogens (tertiary/aromatic N) is 3. The molecule has 1 aromatic carbocycles. The molecule has 0 saturated carbocycles. The van der Waals surface area contributed by atoms with E-state index in [4.69, 9.17) is 0 Å². The first-order chi connectivity index (χ1) is 9.20. The Hall–Kier alpha value is -1.14. The highest BCUT2D eigenvalue weighted by Crippen LogP contribution is 2.26. The SMILES string of the molecule is CCn1ncnc1CC(=O)CSc1ccccc1Br. The number of hydrogen-bond donors (Lipinski definition) is 0. The Bertz CT molecular complexity index is 571. The minimum absolute atomic E-state index is 0.156. The molecule has 0 aliphatic rings. The zero-order valence-corrected chi connectivity index (χ0v) is 12.9. The summed E-state index contributed by atoms with van der Waals surface area (Å²) in [7, 11) is 0. The van der Waals surface area contributed by atoms with E-state index in [-0.39, 0.29) is 5.78 Å². The van der Waals surface area contributed by atoms with Crippen molar-refractivity contribution in [1.29, 1.82) is 0 Å². The van der Waals surface area contributed by atoms with Crippen molar-refractivity contribution in [2.24, 2.45) is 0 Å². The van der Waals surface area contributed by atoms with E-state index >= 15 is 0 Å². The molecule has 19 heavy (non-hydrogen) atoms. The smallest absolute Gasteiger partial charge is 0.150 e. The van der Waals surface area contributed by atoms with E-state index in [0.29, 0.717) is 12.2 Å². The molecule has 0 amide bonds. The minimum atomic E-state index is 0.156. The monoisotopic (exact) mass is 339 g/mol. The molecule has 0 aliphatic carbocycles. The van der Waals surface area contributed by atoms with Crippen LogP contribution in [0.4, 0.5) is 0 Å². The van der Waals surface area contributed by atoms with E-state index in [9.17, 15) is 4.79 Å². The Morgan fingerprint density at radius 3 is 2.95 bits per heavy atom. The first-order valence-corrected chi connectivity index (χ1v) is 7.74. The van der Waals surface area contributed by atoms with Crippen LogP contribution in [0.1, 0.15) is 12.7 Å². The van der Waals surface area contributed by atoms with Crippen LogP contribution in [0.15, 0.2) is 40.0 Å². The number of carbonyl (C=O) groups is 1. The first kappa shape index (κ1) is 14.3. The fourth-order valence-corrected chi connectivity index (χ4v) is 3.06. The maximum Gasteiger partial charge on any atom is 0.150 e. The molecule has 0 aliphatic heterocycles. The molecule has 6 heteroatoms. The second kappa shape index (κ2) is 6.86. The van der Waals surface area contributed by atoms with Gasteiger partial charge in [-0.05, 0) is 35.0 Å². The van der Waals surface area contributed by atoms with E-state index in [1.54, 1.807) is 4.68 Å². The van der Waals surface area contributed by atoms with Crippen LogP contribution in [0.2, 0.25) is 0 Å². The van der Waals surface area contributed by atoms with Crippen molar-refractivity contribution in [3.8, 4) is 0 Å². The highest BCUT2D eigenvalue weighted by atomic mass is 79.9. The molecular weight excluding hydrogens is 326 g/mol. The van der Waals surface area contributed by atoms with Gasteiger partial charge in [-0.3, -0.25) is 4.79 Å². The van der Waals surface area contributed by atoms with Gasteiger partial charge in [0.2, 0.25) is 0 Å². The van der Waals surface area contributed by atoms with Gasteiger partial charge in [-0.15, -0.1) is 11.8 Å². The molecular formula is C13H14BrN3OS. The van der Waals surface area contributed by atoms with Crippen molar-refractivity contribution in [3.05, 3.63) is 40.9 Å². The van der Waals surface area contributed by atoms with Crippen LogP contribution in [0.3, 0.4) is 0 Å². The van der Waals surface area contributed by atoms with Crippen molar-refractivity contribution >= 4 is 33.5 Å². The van der Waals surface area contributed by atoms with Crippen LogP contribution in [-0.4, -0.2) is 26.3 Å². The maximum absolute atomic E-state index is 11.9. The number of halogens is 1. The Morgan fingerprint density at radius 1 is 1.42 bits per heavy atom. The second-order valence-electron chi connectivity index (χ2n) is 3.93. The lowest BCUT2D eigenvalue weighted by atomic mass is 10.3. The number of aromatic nitrogens is 3. The molecule has 1 aromatic heterocycles. The highest BCUT2D eigenvalue weighted by Gasteiger charge is 2.10. The summed E-state index contributed by atoms with van der Waals surface area (Å²) in [6.07, 6.45) is 1.83. The Morgan fingerprint density at radius 2 is 2.21 bits per heavy atom. The van der Waals surface area contributed by atoms with Crippen molar-refractivity contribution in [1.82, 2.24) is 14.8 Å². The second-order valence-corrected chi connectivity index (χ2v) is 5.80. The normalized spacial score (nSPS) is 10.6. The molecule has 2 aromatic rings. The van der Waals surface area contributed by atoms with Crippen LogP contribution in [0.5, 0.6) is 0 Å². The van der Waals surface area contributed by atoms with Crippen molar-refractivity contribution < 1.29 is 4.79 Å². The van der Waals surface area contributed by atoms with E-state index in [1.807, 2.05) is 31.2 Å². The quantitative estimate of drug-likeness (QED) is 0.759. The van der Waals surface area contributed by atoms with Gasteiger partial charge in [0.25, 0.3) is 0 Å². The van der Waals surface area contributed by atoms with E-state index in [1.165, 1.54) is 18.1 Å². The molecule has 0 saturated heterocycles. The number of thioether (sulfide) groups is 1. The van der Waals surface area contributed by atoms with Crippen molar-refractivity contribution in [3.63, 3.8) is 0 Å². The number of rotatable bonds is 6. The zero-order chi connectivity index (χ0) is 13.7. The number of Topliss-reactive ketones (excluding diaryl/α,β-unsaturated/α-hetero) is 1. The molecule has 0 fully saturated rings. The lowest BCUT2D eigenvalue weighted by Crippen LogP contribution is -2.12. The Kier molecular flexibility index (Phi) is 5.15. The van der Waals surface area contributed by atoms with Gasteiger partial charge in [0, 0.05) is 15.9 Å². The lowest BCUT2D eigenvalue weighted by Gasteiger charge is -2.04. The van der Waals surface area contributed by atoms with E-state index in [2.05, 4.69) is 26.0 Å². The van der Waals surface area contributed by atoms with Gasteiger partial charge in [0.05, 0.1) is 12.2 Å². The lowest BCUT2D eigenvalue weighted by molar-refractivity contribution is -0.116. The molecule has 1 heterocycles. The van der Waals surface area contributed by atoms with Gasteiger partial charge in [0.15, 0.2) is 5.78 Å². The van der Waals surface area contributed by atoms with Crippen LogP contribution < -0.4 is 0 Å². The number of hydrogen-bond acceptors (Lipinski definition) is 4. The average Bonchev–Trinajstić information content (AvgIpc) is 2.85. The van der Waals surface area contributed by atoms with Gasteiger partial charge in [0.1, 0.15) is 12.2 Å². The van der Waals surface area contributed by atoms with Gasteiger partial charge in [-0.25, -0.2) is 9.67 Å². The van der Waals surface area contributed by atoms with Gasteiger partial charge in [-0.1, -0.05) is 12.1 Å². The summed E-state index contributed by atoms with van der Waals surface area (Å²) in [6, 6.07) is 7.89. The summed E-state index contributed by atoms with van der Waals surface area (Å²) in [4.78, 5) is 17.1. The minimum Gasteiger partial charge on any atom is -0.298 e. The standard InChI is InChI=1S/C13H14BrN3OS/c1-2-17-13(15-9-16-17)7-10(18)8-19-12-6-4-3-5-11(12)14/h3-6,9H,2,7-8H2,1H3. The van der Waals surface area contributed by atoms with Crippen LogP contribution in [0, 0.1) is 0 Å². The van der Waals surface area contributed by atoms with Crippen LogP contribution in [0.25, 0.3) is 0 Å². The highest BCUT2D eigenvalue weighted by molar-refractivity contribution is 9.10. The molecule has 2 rings (SSSR count). The maximum atomic E-state index is 11.9. The predicted octanol–water partition coefficient (Wildman–Crippen LogP) is 2.96. The largest absolute Gasteiger partial charge is 0.298 e. The summed E-state index contributed by atoms with van der Waals surface area (Å²) in [6.45, 7) is 2.72. The van der Waals surface area contributed by atoms with Gasteiger partial charge in [-0.2, -0.15) is 5.10 Å². The fraction of sp³-hybridized carbons (Fsp3) is 0.308. The summed E-state index contributed by atoms with van der Waals surface area (Å²) < 4.78 is 2.77. The molecule has 4 nitrogen and oxygen atoms in total. The Labute approximate surface area is 124 Å². The summed E-state index contributed by atoms with van der Waals surface area (Å²) in [5.74, 6) is 1.34.